The molecule has 0 aromatic heterocycles. The lowest BCUT2D eigenvalue weighted by molar-refractivity contribution is 0.873. The van der Waals surface area contributed by atoms with Gasteiger partial charge in [-0.25, -0.2) is 0 Å². The molecule has 0 spiro atoms. The van der Waals surface area contributed by atoms with Crippen LogP contribution in [0.3, 0.4) is 0 Å². The van der Waals surface area contributed by atoms with Gasteiger partial charge in [-0.2, -0.15) is 0 Å². The van der Waals surface area contributed by atoms with Gasteiger partial charge >= 0.3 is 0 Å². The molecule has 0 aliphatic carbocycles. The summed E-state index contributed by atoms with van der Waals surface area (Å²) < 4.78 is 0. The minimum atomic E-state index is 1.06. The number of nitrogens with zero attached hydrogens (tertiary/aromatic N) is 2. The molecule has 0 fully saturated rings. The highest BCUT2D eigenvalue weighted by molar-refractivity contribution is 8.76. The van der Waals surface area contributed by atoms with Crippen molar-refractivity contribution >= 4 is 39.6 Å². The maximum Gasteiger partial charge on any atom is 0.0364 e. The summed E-state index contributed by atoms with van der Waals surface area (Å²) in [5.41, 5.74) is 2.47. The van der Waals surface area contributed by atoms with Crippen molar-refractivity contribution in [3.8, 4) is 0 Å². The molecule has 136 valence electrons. The number of benzene rings is 1. The molecule has 0 unspecified atom stereocenters. The second kappa shape index (κ2) is 14.9. The Labute approximate surface area is 160 Å². The summed E-state index contributed by atoms with van der Waals surface area (Å²) >= 11 is 0. The van der Waals surface area contributed by atoms with E-state index in [1.165, 1.54) is 11.3 Å². The lowest BCUT2D eigenvalue weighted by Crippen LogP contribution is -2.19. The zero-order valence-electron chi connectivity index (χ0n) is 15.4. The molecule has 1 aromatic carbocycles. The highest BCUT2D eigenvalue weighted by atomic mass is 33.1. The van der Waals surface area contributed by atoms with Gasteiger partial charge in [0.05, 0.1) is 0 Å². The minimum Gasteiger partial charge on any atom is -0.374 e. The summed E-state index contributed by atoms with van der Waals surface area (Å²) in [5, 5.41) is 3.17. The van der Waals surface area contributed by atoms with Crippen molar-refractivity contribution in [1.82, 2.24) is 5.32 Å². The third-order valence-electron chi connectivity index (χ3n) is 3.33. The van der Waals surface area contributed by atoms with E-state index in [1.54, 1.807) is 13.3 Å². The maximum absolute atomic E-state index is 3.89. The molecule has 25 heavy (non-hydrogen) atoms. The predicted molar refractivity (Wildman–Crippen MR) is 120 cm³/mol. The molecular formula is C20H29N3S2. The van der Waals surface area contributed by atoms with Crippen LogP contribution in [0.2, 0.25) is 0 Å². The van der Waals surface area contributed by atoms with Gasteiger partial charge < -0.3 is 10.2 Å². The van der Waals surface area contributed by atoms with Crippen LogP contribution in [0.4, 0.5) is 5.69 Å². The fraction of sp³-hybridized carbons (Fsp3) is 0.350. The van der Waals surface area contributed by atoms with E-state index in [2.05, 4.69) is 52.6 Å². The second-order valence-electron chi connectivity index (χ2n) is 5.30. The van der Waals surface area contributed by atoms with Gasteiger partial charge in [0.1, 0.15) is 0 Å². The first-order chi connectivity index (χ1) is 12.3. The van der Waals surface area contributed by atoms with Crippen molar-refractivity contribution in [3.63, 3.8) is 0 Å². The van der Waals surface area contributed by atoms with Gasteiger partial charge in [-0.1, -0.05) is 64.1 Å². The Kier molecular flexibility index (Phi) is 12.9. The van der Waals surface area contributed by atoms with Gasteiger partial charge in [0.2, 0.25) is 0 Å². The summed E-state index contributed by atoms with van der Waals surface area (Å²) in [7, 11) is 9.78. The van der Waals surface area contributed by atoms with Crippen molar-refractivity contribution in [3.05, 3.63) is 60.2 Å². The van der Waals surface area contributed by atoms with Crippen LogP contribution in [0.1, 0.15) is 5.56 Å². The molecule has 0 saturated heterocycles. The van der Waals surface area contributed by atoms with Gasteiger partial charge in [-0.05, 0) is 30.8 Å². The van der Waals surface area contributed by atoms with E-state index in [0.717, 1.165) is 24.6 Å². The topological polar surface area (TPSA) is 27.6 Å². The lowest BCUT2D eigenvalue weighted by Gasteiger charge is -2.19. The molecule has 0 heterocycles. The second-order valence-corrected chi connectivity index (χ2v) is 8.00. The Hall–Kier alpha value is -1.43. The van der Waals surface area contributed by atoms with Crippen LogP contribution in [0.5, 0.6) is 0 Å². The van der Waals surface area contributed by atoms with Gasteiger partial charge in [0.15, 0.2) is 0 Å². The predicted octanol–water partition coefficient (Wildman–Crippen LogP) is 4.55. The number of hydrogen-bond donors (Lipinski definition) is 1. The standard InChI is InChI=1S/C20H29N3S2/c1-21-14-8-6-4-5-7-9-19-10-12-20(13-11-19)23(3)16-18-25-24-17-15-22-2/h4-14,22H,15-18H2,1-3H3/b5-4+,8-6-,9-7+,21-14+. The number of allylic oxidation sites excluding steroid dienone is 5. The first kappa shape index (κ1) is 21.6. The average Bonchev–Trinajstić information content (AvgIpc) is 2.64. The highest BCUT2D eigenvalue weighted by Gasteiger charge is 2.00. The van der Waals surface area contributed by atoms with Crippen LogP contribution in [-0.4, -0.2) is 52.0 Å². The van der Waals surface area contributed by atoms with Crippen molar-refractivity contribution in [1.29, 1.82) is 0 Å². The molecule has 1 N–H and O–H groups in total. The number of aliphatic imine (C=N–C) groups is 1. The normalized spacial score (nSPS) is 12.3. The summed E-state index contributed by atoms with van der Waals surface area (Å²) in [6.07, 6.45) is 13.8. The van der Waals surface area contributed by atoms with Crippen LogP contribution in [0, 0.1) is 0 Å². The molecule has 0 amide bonds. The molecule has 1 rings (SSSR count). The Morgan fingerprint density at radius 2 is 1.68 bits per heavy atom. The van der Waals surface area contributed by atoms with E-state index in [-0.39, 0.29) is 0 Å². The zero-order chi connectivity index (χ0) is 18.2. The minimum absolute atomic E-state index is 1.06. The van der Waals surface area contributed by atoms with E-state index < -0.39 is 0 Å². The molecule has 0 saturated carbocycles. The third-order valence-corrected chi connectivity index (χ3v) is 5.72. The largest absolute Gasteiger partial charge is 0.374 e. The molecule has 0 atom stereocenters. The fourth-order valence-electron chi connectivity index (χ4n) is 1.90. The van der Waals surface area contributed by atoms with Crippen molar-refractivity contribution < 1.29 is 0 Å². The summed E-state index contributed by atoms with van der Waals surface area (Å²) in [6, 6.07) is 8.68. The molecule has 0 aliphatic heterocycles. The first-order valence-electron chi connectivity index (χ1n) is 8.40. The Morgan fingerprint density at radius 1 is 1.00 bits per heavy atom. The van der Waals surface area contributed by atoms with Crippen molar-refractivity contribution in [2.45, 2.75) is 0 Å². The van der Waals surface area contributed by atoms with E-state index in [1.807, 2.05) is 59.0 Å². The summed E-state index contributed by atoms with van der Waals surface area (Å²) in [6.45, 7) is 2.13. The summed E-state index contributed by atoms with van der Waals surface area (Å²) in [5.74, 6) is 2.29. The Morgan fingerprint density at radius 3 is 2.40 bits per heavy atom. The molecule has 1 aromatic rings. The van der Waals surface area contributed by atoms with Crippen LogP contribution >= 0.6 is 21.6 Å². The van der Waals surface area contributed by atoms with Gasteiger partial charge in [-0.15, -0.1) is 0 Å². The highest BCUT2D eigenvalue weighted by Crippen LogP contribution is 2.21. The van der Waals surface area contributed by atoms with E-state index in [0.29, 0.717) is 0 Å². The fourth-order valence-corrected chi connectivity index (χ4v) is 3.95. The molecular weight excluding hydrogens is 346 g/mol. The average molecular weight is 376 g/mol. The van der Waals surface area contributed by atoms with Crippen molar-refractivity contribution in [2.24, 2.45) is 4.99 Å². The van der Waals surface area contributed by atoms with Crippen LogP contribution in [0.25, 0.3) is 6.08 Å². The first-order valence-corrected chi connectivity index (χ1v) is 10.9. The monoisotopic (exact) mass is 375 g/mol. The summed E-state index contributed by atoms with van der Waals surface area (Å²) in [4.78, 5) is 6.19. The number of rotatable bonds is 12. The molecule has 0 bridgehead atoms. The number of anilines is 1. The van der Waals surface area contributed by atoms with Crippen LogP contribution in [0.15, 0.2) is 59.6 Å². The van der Waals surface area contributed by atoms with E-state index in [9.17, 15) is 0 Å². The lowest BCUT2D eigenvalue weighted by atomic mass is 10.2. The van der Waals surface area contributed by atoms with E-state index in [4.69, 9.17) is 0 Å². The molecule has 5 heteroatoms. The third kappa shape index (κ3) is 10.9. The van der Waals surface area contributed by atoms with E-state index >= 15 is 0 Å². The molecule has 3 nitrogen and oxygen atoms in total. The van der Waals surface area contributed by atoms with Gasteiger partial charge in [0.25, 0.3) is 0 Å². The van der Waals surface area contributed by atoms with Crippen molar-refractivity contribution in [2.75, 3.05) is 50.6 Å². The molecule has 0 aliphatic rings. The zero-order valence-corrected chi connectivity index (χ0v) is 17.0. The van der Waals surface area contributed by atoms with Crippen LogP contribution < -0.4 is 10.2 Å². The maximum atomic E-state index is 3.89. The molecule has 0 radical (unpaired) electrons. The number of hydrogen-bond acceptors (Lipinski definition) is 5. The SMILES string of the molecule is C/N=C/C=C\C=C\C=C\c1ccc(N(C)CCSSCCNC)cc1. The van der Waals surface area contributed by atoms with Crippen LogP contribution in [-0.2, 0) is 0 Å². The number of nitrogens with one attached hydrogen (secondary N) is 1. The smallest absolute Gasteiger partial charge is 0.0364 e. The Balaban J connectivity index is 2.34. The van der Waals surface area contributed by atoms with Gasteiger partial charge in [0, 0.05) is 50.6 Å². The quantitative estimate of drug-likeness (QED) is 0.251. The van der Waals surface area contributed by atoms with Gasteiger partial charge in [-0.3, -0.25) is 4.99 Å². The Bertz CT molecular complexity index is 563.